The first-order valence-electron chi connectivity index (χ1n) is 8.26. The van der Waals surface area contributed by atoms with Crippen LogP contribution in [0.1, 0.15) is 19.1 Å². The summed E-state index contributed by atoms with van der Waals surface area (Å²) in [7, 11) is 5.44. The molecule has 0 amide bonds. The molecule has 3 rings (SSSR count). The number of aromatic nitrogens is 2. The van der Waals surface area contributed by atoms with Crippen molar-refractivity contribution in [3.8, 4) is 0 Å². The summed E-state index contributed by atoms with van der Waals surface area (Å²) >= 11 is 0. The summed E-state index contributed by atoms with van der Waals surface area (Å²) in [5.74, 6) is 0.927. The van der Waals surface area contributed by atoms with Gasteiger partial charge in [-0.05, 0) is 41.9 Å². The lowest BCUT2D eigenvalue weighted by molar-refractivity contribution is -0.382. The van der Waals surface area contributed by atoms with Crippen molar-refractivity contribution in [1.29, 1.82) is 0 Å². The van der Waals surface area contributed by atoms with Crippen LogP contribution in [0.15, 0.2) is 33.5 Å². The monoisotopic (exact) mass is 359 g/mol. The molecule has 9 nitrogen and oxygen atoms in total. The van der Waals surface area contributed by atoms with E-state index in [1.54, 1.807) is 31.3 Å². The normalized spacial score (nSPS) is 12.3. The van der Waals surface area contributed by atoms with E-state index in [9.17, 15) is 10.1 Å². The van der Waals surface area contributed by atoms with Gasteiger partial charge in [0.1, 0.15) is 11.4 Å². The number of furan rings is 1. The Labute approximate surface area is 150 Å². The lowest BCUT2D eigenvalue weighted by Crippen LogP contribution is -2.29. The maximum atomic E-state index is 11.5. The van der Waals surface area contributed by atoms with E-state index in [0.717, 1.165) is 24.3 Å². The summed E-state index contributed by atoms with van der Waals surface area (Å²) in [6, 6.07) is 5.72. The van der Waals surface area contributed by atoms with Crippen molar-refractivity contribution in [2.45, 2.75) is 25.8 Å². The van der Waals surface area contributed by atoms with Crippen molar-refractivity contribution >= 4 is 28.1 Å². The summed E-state index contributed by atoms with van der Waals surface area (Å²) in [6.45, 7) is 2.08. The summed E-state index contributed by atoms with van der Waals surface area (Å²) < 4.78 is 10.2. The van der Waals surface area contributed by atoms with Gasteiger partial charge in [-0.25, -0.2) is 4.63 Å². The Morgan fingerprint density at radius 3 is 2.58 bits per heavy atom. The molecule has 3 aromatic rings. The fourth-order valence-corrected chi connectivity index (χ4v) is 2.93. The second-order valence-electron chi connectivity index (χ2n) is 6.45. The Balaban J connectivity index is 1.97. The maximum absolute atomic E-state index is 11.5. The van der Waals surface area contributed by atoms with Gasteiger partial charge in [0.25, 0.3) is 0 Å². The van der Waals surface area contributed by atoms with E-state index in [2.05, 4.69) is 17.2 Å². The molecule has 2 heterocycles. The number of nitro groups is 1. The number of aryl methyl sites for hydroxylation is 1. The van der Waals surface area contributed by atoms with Gasteiger partial charge in [0.05, 0.1) is 16.9 Å². The molecule has 26 heavy (non-hydrogen) atoms. The highest BCUT2D eigenvalue weighted by Crippen LogP contribution is 2.39. The van der Waals surface area contributed by atoms with Gasteiger partial charge in [-0.2, -0.15) is 0 Å². The molecule has 0 radical (unpaired) electrons. The molecule has 0 fully saturated rings. The minimum absolute atomic E-state index is 0.105. The van der Waals surface area contributed by atoms with Crippen molar-refractivity contribution < 1.29 is 14.0 Å². The van der Waals surface area contributed by atoms with E-state index in [1.807, 2.05) is 24.1 Å². The third kappa shape index (κ3) is 3.19. The Kier molecular flexibility index (Phi) is 4.79. The number of rotatable bonds is 7. The first kappa shape index (κ1) is 17.7. The molecule has 1 unspecified atom stereocenters. The minimum atomic E-state index is -0.452. The molecule has 0 aliphatic heterocycles. The molecule has 1 aromatic carbocycles. The Bertz CT molecular complexity index is 903. The topological polar surface area (TPSA) is 102 Å². The first-order chi connectivity index (χ1) is 12.4. The maximum Gasteiger partial charge on any atom is 0.323 e. The Hall–Kier alpha value is -3.10. The van der Waals surface area contributed by atoms with E-state index in [-0.39, 0.29) is 17.2 Å². The van der Waals surface area contributed by atoms with Gasteiger partial charge in [0.2, 0.25) is 5.52 Å². The fraction of sp³-hybridized carbons (Fsp3) is 0.412. The highest BCUT2D eigenvalue weighted by atomic mass is 16.6. The van der Waals surface area contributed by atoms with Crippen LogP contribution < -0.4 is 9.80 Å². The van der Waals surface area contributed by atoms with Gasteiger partial charge in [0.15, 0.2) is 5.52 Å². The number of benzene rings is 1. The van der Waals surface area contributed by atoms with Crippen molar-refractivity contribution in [2.75, 3.05) is 30.9 Å². The van der Waals surface area contributed by atoms with E-state index in [1.165, 1.54) is 0 Å². The van der Waals surface area contributed by atoms with E-state index in [4.69, 9.17) is 9.05 Å². The standard InChI is InChI=1S/C17H21N5O4/c1-11(7-8-12-6-5-9-25-12)21(4)13-10-14(20(2)3)17(22(23)24)16-15(13)18-26-19-16/h5-6,9-11H,7-8H2,1-4H3. The quantitative estimate of drug-likeness (QED) is 0.468. The smallest absolute Gasteiger partial charge is 0.323 e. The predicted molar refractivity (Wildman–Crippen MR) is 97.7 cm³/mol. The van der Waals surface area contributed by atoms with E-state index >= 15 is 0 Å². The molecule has 0 bridgehead atoms. The number of nitrogens with zero attached hydrogens (tertiary/aromatic N) is 5. The lowest BCUT2D eigenvalue weighted by Gasteiger charge is -2.28. The third-order valence-electron chi connectivity index (χ3n) is 4.57. The van der Waals surface area contributed by atoms with Crippen LogP contribution in [0.2, 0.25) is 0 Å². The van der Waals surface area contributed by atoms with Crippen LogP contribution in [-0.2, 0) is 6.42 Å². The van der Waals surface area contributed by atoms with Crippen LogP contribution in [-0.4, -0.2) is 42.4 Å². The molecule has 2 aromatic heterocycles. The average Bonchev–Trinajstić information content (AvgIpc) is 3.28. The molecule has 0 N–H and O–H groups in total. The van der Waals surface area contributed by atoms with Gasteiger partial charge >= 0.3 is 5.69 Å². The SMILES string of the molecule is CC(CCc1ccco1)N(C)c1cc(N(C)C)c([N+](=O)[O-])c2nonc12. The van der Waals surface area contributed by atoms with Crippen LogP contribution >= 0.6 is 0 Å². The molecule has 9 heteroatoms. The predicted octanol–water partition coefficient (Wildman–Crippen LogP) is 3.25. The number of fused-ring (bicyclic) bond motifs is 1. The zero-order chi connectivity index (χ0) is 18.8. The van der Waals surface area contributed by atoms with E-state index < -0.39 is 4.92 Å². The van der Waals surface area contributed by atoms with Gasteiger partial charge < -0.3 is 14.2 Å². The number of nitro benzene ring substituents is 1. The fourth-order valence-electron chi connectivity index (χ4n) is 2.93. The highest BCUT2D eigenvalue weighted by molar-refractivity contribution is 5.99. The van der Waals surface area contributed by atoms with Gasteiger partial charge in [-0.3, -0.25) is 10.1 Å². The first-order valence-corrected chi connectivity index (χ1v) is 8.26. The summed E-state index contributed by atoms with van der Waals surface area (Å²) in [4.78, 5) is 14.8. The number of hydrogen-bond donors (Lipinski definition) is 0. The van der Waals surface area contributed by atoms with Crippen molar-refractivity contribution in [3.63, 3.8) is 0 Å². The van der Waals surface area contributed by atoms with Crippen molar-refractivity contribution in [2.24, 2.45) is 0 Å². The van der Waals surface area contributed by atoms with Gasteiger partial charge in [-0.1, -0.05) is 0 Å². The largest absolute Gasteiger partial charge is 0.469 e. The summed E-state index contributed by atoms with van der Waals surface area (Å²) in [5, 5.41) is 19.2. The average molecular weight is 359 g/mol. The second-order valence-corrected chi connectivity index (χ2v) is 6.45. The second kappa shape index (κ2) is 7.03. The zero-order valence-electron chi connectivity index (χ0n) is 15.2. The molecule has 0 aliphatic rings. The van der Waals surface area contributed by atoms with Crippen LogP contribution in [0.25, 0.3) is 11.0 Å². The van der Waals surface area contributed by atoms with Crippen molar-refractivity contribution in [3.05, 3.63) is 40.3 Å². The molecule has 0 saturated heterocycles. The third-order valence-corrected chi connectivity index (χ3v) is 4.57. The minimum Gasteiger partial charge on any atom is -0.469 e. The zero-order valence-corrected chi connectivity index (χ0v) is 15.2. The van der Waals surface area contributed by atoms with Crippen LogP contribution in [0, 0.1) is 10.1 Å². The molecule has 138 valence electrons. The van der Waals surface area contributed by atoms with Gasteiger partial charge in [0, 0.05) is 33.6 Å². The molecule has 0 saturated carbocycles. The molecule has 0 aliphatic carbocycles. The Morgan fingerprint density at radius 1 is 1.23 bits per heavy atom. The summed E-state index contributed by atoms with van der Waals surface area (Å²) in [6.07, 6.45) is 3.31. The molecule has 1 atom stereocenters. The Morgan fingerprint density at radius 2 is 1.96 bits per heavy atom. The highest BCUT2D eigenvalue weighted by Gasteiger charge is 2.28. The van der Waals surface area contributed by atoms with E-state index in [0.29, 0.717) is 11.2 Å². The number of hydrogen-bond acceptors (Lipinski definition) is 8. The summed E-state index contributed by atoms with van der Waals surface area (Å²) in [5.41, 5.74) is 1.63. The van der Waals surface area contributed by atoms with Crippen LogP contribution in [0.5, 0.6) is 0 Å². The molecule has 0 spiro atoms. The van der Waals surface area contributed by atoms with Crippen LogP contribution in [0.4, 0.5) is 17.1 Å². The van der Waals surface area contributed by atoms with Gasteiger partial charge in [-0.15, -0.1) is 0 Å². The lowest BCUT2D eigenvalue weighted by atomic mass is 10.1. The van der Waals surface area contributed by atoms with Crippen LogP contribution in [0.3, 0.4) is 0 Å². The number of anilines is 2. The molecular weight excluding hydrogens is 338 g/mol. The molecular formula is C17H21N5O4. The van der Waals surface area contributed by atoms with Crippen molar-refractivity contribution in [1.82, 2.24) is 10.3 Å².